The third-order valence-corrected chi connectivity index (χ3v) is 3.70. The van der Waals surface area contributed by atoms with Crippen LogP contribution in [0.15, 0.2) is 24.3 Å². The van der Waals surface area contributed by atoms with Crippen LogP contribution in [0.3, 0.4) is 0 Å². The number of hydrogen-bond acceptors (Lipinski definition) is 3. The van der Waals surface area contributed by atoms with Gasteiger partial charge in [0.2, 0.25) is 0 Å². The van der Waals surface area contributed by atoms with E-state index in [1.807, 2.05) is 0 Å². The number of benzene rings is 1. The molecule has 0 aliphatic carbocycles. The van der Waals surface area contributed by atoms with Gasteiger partial charge in [-0.05, 0) is 64.3 Å². The molecule has 0 aromatic heterocycles. The van der Waals surface area contributed by atoms with E-state index in [1.165, 1.54) is 43.7 Å². The third-order valence-electron chi connectivity index (χ3n) is 3.70. The molecular weight excluding hydrogens is 246 g/mol. The summed E-state index contributed by atoms with van der Waals surface area (Å²) >= 11 is 0. The Morgan fingerprint density at radius 3 is 2.20 bits per heavy atom. The minimum absolute atomic E-state index is 0.194. The van der Waals surface area contributed by atoms with Crippen LogP contribution in [0.4, 0.5) is 11.4 Å². The molecule has 0 saturated carbocycles. The van der Waals surface area contributed by atoms with Crippen molar-refractivity contribution in [3.05, 3.63) is 24.3 Å². The summed E-state index contributed by atoms with van der Waals surface area (Å²) in [6.07, 6.45) is 4.05. The van der Waals surface area contributed by atoms with E-state index in [-0.39, 0.29) is 5.54 Å². The van der Waals surface area contributed by atoms with Gasteiger partial charge in [0.25, 0.3) is 0 Å². The lowest BCUT2D eigenvalue weighted by Gasteiger charge is -2.29. The molecule has 112 valence electrons. The number of anilines is 2. The average molecular weight is 275 g/mol. The molecule has 2 N–H and O–H groups in total. The van der Waals surface area contributed by atoms with Crippen LogP contribution >= 0.6 is 0 Å². The summed E-state index contributed by atoms with van der Waals surface area (Å²) in [4.78, 5) is 2.49. The first-order valence-electron chi connectivity index (χ1n) is 7.88. The van der Waals surface area contributed by atoms with Crippen molar-refractivity contribution in [3.63, 3.8) is 0 Å². The largest absolute Gasteiger partial charge is 0.384 e. The van der Waals surface area contributed by atoms with Gasteiger partial charge < -0.3 is 15.5 Å². The second-order valence-corrected chi connectivity index (χ2v) is 6.70. The van der Waals surface area contributed by atoms with Gasteiger partial charge in [0, 0.05) is 43.1 Å². The van der Waals surface area contributed by atoms with Crippen LogP contribution in [-0.4, -0.2) is 31.7 Å². The molecule has 1 heterocycles. The standard InChI is InChI=1S/C17H29N3/c1-17(2,3)19-12-11-18-15-7-9-16(10-8-15)20-13-5-4-6-14-20/h7-10,18-19H,4-6,11-14H2,1-3H3. The maximum absolute atomic E-state index is 3.48. The quantitative estimate of drug-likeness (QED) is 0.806. The van der Waals surface area contributed by atoms with Gasteiger partial charge in [0.15, 0.2) is 0 Å². The monoisotopic (exact) mass is 275 g/mol. The zero-order valence-electron chi connectivity index (χ0n) is 13.2. The lowest BCUT2D eigenvalue weighted by Crippen LogP contribution is -2.38. The molecule has 0 amide bonds. The second-order valence-electron chi connectivity index (χ2n) is 6.70. The number of hydrogen-bond donors (Lipinski definition) is 2. The lowest BCUT2D eigenvalue weighted by molar-refractivity contribution is 0.435. The fourth-order valence-corrected chi connectivity index (χ4v) is 2.59. The zero-order chi connectivity index (χ0) is 14.4. The summed E-state index contributed by atoms with van der Waals surface area (Å²) in [6, 6.07) is 8.87. The highest BCUT2D eigenvalue weighted by molar-refractivity contribution is 5.55. The molecule has 0 unspecified atom stereocenters. The van der Waals surface area contributed by atoms with Crippen molar-refractivity contribution in [2.75, 3.05) is 36.4 Å². The summed E-state index contributed by atoms with van der Waals surface area (Å²) in [6.45, 7) is 10.9. The van der Waals surface area contributed by atoms with Crippen molar-refractivity contribution in [1.29, 1.82) is 0 Å². The summed E-state index contributed by atoms with van der Waals surface area (Å²) in [5.41, 5.74) is 2.77. The molecule has 1 aromatic carbocycles. The van der Waals surface area contributed by atoms with Gasteiger partial charge in [0.1, 0.15) is 0 Å². The molecule has 0 bridgehead atoms. The molecule has 20 heavy (non-hydrogen) atoms. The molecule has 0 spiro atoms. The molecule has 1 fully saturated rings. The van der Waals surface area contributed by atoms with Crippen molar-refractivity contribution in [1.82, 2.24) is 5.32 Å². The molecule has 0 atom stereocenters. The van der Waals surface area contributed by atoms with Crippen LogP contribution in [0.5, 0.6) is 0 Å². The Morgan fingerprint density at radius 2 is 1.60 bits per heavy atom. The molecule has 1 saturated heterocycles. The van der Waals surface area contributed by atoms with Gasteiger partial charge in [0.05, 0.1) is 0 Å². The minimum atomic E-state index is 0.194. The van der Waals surface area contributed by atoms with Gasteiger partial charge >= 0.3 is 0 Å². The third kappa shape index (κ3) is 5.04. The van der Waals surface area contributed by atoms with Crippen molar-refractivity contribution in [2.45, 2.75) is 45.6 Å². The molecule has 1 aromatic rings. The SMILES string of the molecule is CC(C)(C)NCCNc1ccc(N2CCCCC2)cc1. The van der Waals surface area contributed by atoms with E-state index in [1.54, 1.807) is 0 Å². The van der Waals surface area contributed by atoms with E-state index >= 15 is 0 Å². The summed E-state index contributed by atoms with van der Waals surface area (Å²) in [5, 5.41) is 6.95. The Labute approximate surface area is 123 Å². The van der Waals surface area contributed by atoms with Crippen molar-refractivity contribution < 1.29 is 0 Å². The van der Waals surface area contributed by atoms with Gasteiger partial charge in [-0.15, -0.1) is 0 Å². The first kappa shape index (κ1) is 15.2. The first-order valence-corrected chi connectivity index (χ1v) is 7.88. The van der Waals surface area contributed by atoms with Crippen molar-refractivity contribution in [3.8, 4) is 0 Å². The molecule has 3 nitrogen and oxygen atoms in total. The average Bonchev–Trinajstić information content (AvgIpc) is 2.44. The summed E-state index contributed by atoms with van der Waals surface area (Å²) < 4.78 is 0. The molecule has 0 radical (unpaired) electrons. The summed E-state index contributed by atoms with van der Waals surface area (Å²) in [5.74, 6) is 0. The maximum Gasteiger partial charge on any atom is 0.0367 e. The predicted molar refractivity (Wildman–Crippen MR) is 88.8 cm³/mol. The summed E-state index contributed by atoms with van der Waals surface area (Å²) in [7, 11) is 0. The van der Waals surface area contributed by atoms with Gasteiger partial charge in [-0.1, -0.05) is 0 Å². The van der Waals surface area contributed by atoms with E-state index in [0.717, 1.165) is 13.1 Å². The Balaban J connectivity index is 1.76. The normalized spacial score (nSPS) is 16.2. The number of nitrogens with zero attached hydrogens (tertiary/aromatic N) is 1. The van der Waals surface area contributed by atoms with Gasteiger partial charge in [-0.25, -0.2) is 0 Å². The minimum Gasteiger partial charge on any atom is -0.384 e. The van der Waals surface area contributed by atoms with E-state index in [0.29, 0.717) is 0 Å². The highest BCUT2D eigenvalue weighted by Crippen LogP contribution is 2.21. The molecule has 2 rings (SSSR count). The van der Waals surface area contributed by atoms with Crippen LogP contribution < -0.4 is 15.5 Å². The lowest BCUT2D eigenvalue weighted by atomic mass is 10.1. The highest BCUT2D eigenvalue weighted by atomic mass is 15.1. The zero-order valence-corrected chi connectivity index (χ0v) is 13.2. The van der Waals surface area contributed by atoms with Crippen LogP contribution in [-0.2, 0) is 0 Å². The molecule has 3 heteroatoms. The first-order chi connectivity index (χ1) is 9.54. The van der Waals surface area contributed by atoms with E-state index < -0.39 is 0 Å². The molecule has 1 aliphatic rings. The topological polar surface area (TPSA) is 27.3 Å². The van der Waals surface area contributed by atoms with Crippen molar-refractivity contribution in [2.24, 2.45) is 0 Å². The predicted octanol–water partition coefficient (Wildman–Crippen LogP) is 3.48. The van der Waals surface area contributed by atoms with Gasteiger partial charge in [-0.2, -0.15) is 0 Å². The van der Waals surface area contributed by atoms with Crippen LogP contribution in [0.1, 0.15) is 40.0 Å². The number of nitrogens with one attached hydrogen (secondary N) is 2. The number of piperidine rings is 1. The smallest absolute Gasteiger partial charge is 0.0367 e. The van der Waals surface area contributed by atoms with Crippen LogP contribution in [0.25, 0.3) is 0 Å². The Hall–Kier alpha value is -1.22. The van der Waals surface area contributed by atoms with E-state index in [4.69, 9.17) is 0 Å². The maximum atomic E-state index is 3.48. The fourth-order valence-electron chi connectivity index (χ4n) is 2.59. The fraction of sp³-hybridized carbons (Fsp3) is 0.647. The highest BCUT2D eigenvalue weighted by Gasteiger charge is 2.10. The number of rotatable bonds is 5. The van der Waals surface area contributed by atoms with Crippen LogP contribution in [0, 0.1) is 0 Å². The Morgan fingerprint density at radius 1 is 0.950 bits per heavy atom. The Kier molecular flexibility index (Phi) is 5.30. The molecule has 1 aliphatic heterocycles. The second kappa shape index (κ2) is 6.98. The Bertz CT molecular complexity index is 386. The van der Waals surface area contributed by atoms with Gasteiger partial charge in [-0.3, -0.25) is 0 Å². The van der Waals surface area contributed by atoms with Crippen LogP contribution in [0.2, 0.25) is 0 Å². The van der Waals surface area contributed by atoms with E-state index in [2.05, 4.69) is 60.6 Å². The van der Waals surface area contributed by atoms with Crippen molar-refractivity contribution >= 4 is 11.4 Å². The molecular formula is C17H29N3. The van der Waals surface area contributed by atoms with E-state index in [9.17, 15) is 0 Å².